The molecule has 0 N–H and O–H groups in total. The molecule has 19 heavy (non-hydrogen) atoms. The second kappa shape index (κ2) is 5.34. The average molecular weight is 260 g/mol. The normalized spacial score (nSPS) is 10.2. The molecule has 0 radical (unpaired) electrons. The minimum atomic E-state index is -0.720. The molecule has 0 saturated carbocycles. The van der Waals surface area contributed by atoms with Gasteiger partial charge in [-0.2, -0.15) is 0 Å². The molecule has 6 nitrogen and oxygen atoms in total. The first-order valence-corrected chi connectivity index (χ1v) is 5.60. The van der Waals surface area contributed by atoms with Gasteiger partial charge in [0.15, 0.2) is 0 Å². The predicted octanol–water partition coefficient (Wildman–Crippen LogP) is 1.87. The Morgan fingerprint density at radius 3 is 2.58 bits per heavy atom. The summed E-state index contributed by atoms with van der Waals surface area (Å²) in [6.07, 6.45) is 1.44. The lowest BCUT2D eigenvalue weighted by Gasteiger charge is -2.07. The highest BCUT2D eigenvalue weighted by molar-refractivity contribution is 5.43. The summed E-state index contributed by atoms with van der Waals surface area (Å²) >= 11 is 0. The van der Waals surface area contributed by atoms with Crippen molar-refractivity contribution in [3.8, 4) is 5.75 Å². The molecule has 0 atom stereocenters. The quantitative estimate of drug-likeness (QED) is 0.621. The molecule has 0 aliphatic heterocycles. The first-order chi connectivity index (χ1) is 9.09. The highest BCUT2D eigenvalue weighted by atomic mass is 16.6. The number of aromatic nitrogens is 1. The second-order valence-corrected chi connectivity index (χ2v) is 3.98. The zero-order chi connectivity index (χ0) is 13.8. The van der Waals surface area contributed by atoms with E-state index < -0.39 is 16.2 Å². The van der Waals surface area contributed by atoms with Crippen molar-refractivity contribution in [2.24, 2.45) is 7.05 Å². The van der Waals surface area contributed by atoms with Gasteiger partial charge in [0.1, 0.15) is 6.61 Å². The summed E-state index contributed by atoms with van der Waals surface area (Å²) in [6, 6.07) is 10.7. The van der Waals surface area contributed by atoms with Crippen LogP contribution in [0.25, 0.3) is 0 Å². The van der Waals surface area contributed by atoms with Gasteiger partial charge in [-0.3, -0.25) is 14.9 Å². The maximum Gasteiger partial charge on any atom is 0.375 e. The Balaban J connectivity index is 2.28. The Bertz CT molecular complexity index is 649. The number of pyridine rings is 1. The zero-order valence-electron chi connectivity index (χ0n) is 10.3. The van der Waals surface area contributed by atoms with Crippen LogP contribution >= 0.6 is 0 Å². The summed E-state index contributed by atoms with van der Waals surface area (Å²) in [4.78, 5) is 21.9. The van der Waals surface area contributed by atoms with Crippen LogP contribution in [-0.4, -0.2) is 9.49 Å². The molecule has 0 spiro atoms. The Hall–Kier alpha value is -2.63. The molecule has 0 amide bonds. The molecular weight excluding hydrogens is 248 g/mol. The fourth-order valence-electron chi connectivity index (χ4n) is 1.62. The van der Waals surface area contributed by atoms with E-state index in [4.69, 9.17) is 4.74 Å². The van der Waals surface area contributed by atoms with Gasteiger partial charge in [0.2, 0.25) is 5.75 Å². The molecule has 2 aromatic rings. The number of nitro groups is 1. The third-order valence-electron chi connectivity index (χ3n) is 2.63. The molecular formula is C13H12N2O4. The Morgan fingerprint density at radius 1 is 1.26 bits per heavy atom. The van der Waals surface area contributed by atoms with Crippen LogP contribution < -0.4 is 10.3 Å². The highest BCUT2D eigenvalue weighted by Gasteiger charge is 2.21. The monoisotopic (exact) mass is 260 g/mol. The van der Waals surface area contributed by atoms with Gasteiger partial charge in [0.05, 0.1) is 4.92 Å². The van der Waals surface area contributed by atoms with Crippen molar-refractivity contribution >= 4 is 5.69 Å². The minimum absolute atomic E-state index is 0.0167. The summed E-state index contributed by atoms with van der Waals surface area (Å²) in [5.74, 6) is -0.0167. The van der Waals surface area contributed by atoms with Crippen LogP contribution in [0.15, 0.2) is 47.4 Å². The van der Waals surface area contributed by atoms with Gasteiger partial charge in [0.25, 0.3) is 0 Å². The van der Waals surface area contributed by atoms with Crippen LogP contribution in [0.3, 0.4) is 0 Å². The Labute approximate surface area is 109 Å². The van der Waals surface area contributed by atoms with Crippen LogP contribution in [-0.2, 0) is 13.7 Å². The average Bonchev–Trinajstić information content (AvgIpc) is 2.41. The van der Waals surface area contributed by atoms with Crippen molar-refractivity contribution in [1.82, 2.24) is 4.57 Å². The summed E-state index contributed by atoms with van der Waals surface area (Å²) in [5.41, 5.74) is -0.353. The lowest BCUT2D eigenvalue weighted by atomic mass is 10.2. The molecule has 0 saturated heterocycles. The number of benzene rings is 1. The number of nitrogens with zero attached hydrogens (tertiary/aromatic N) is 2. The lowest BCUT2D eigenvalue weighted by Crippen LogP contribution is -2.20. The number of rotatable bonds is 4. The van der Waals surface area contributed by atoms with Gasteiger partial charge >= 0.3 is 11.2 Å². The molecule has 2 rings (SSSR count). The van der Waals surface area contributed by atoms with E-state index in [1.165, 1.54) is 19.3 Å². The Morgan fingerprint density at radius 2 is 1.95 bits per heavy atom. The van der Waals surface area contributed by atoms with E-state index in [0.29, 0.717) is 0 Å². The summed E-state index contributed by atoms with van der Waals surface area (Å²) < 4.78 is 6.51. The van der Waals surface area contributed by atoms with Crippen molar-refractivity contribution < 1.29 is 9.66 Å². The minimum Gasteiger partial charge on any atom is -0.482 e. The largest absolute Gasteiger partial charge is 0.482 e. The van der Waals surface area contributed by atoms with E-state index in [1.807, 2.05) is 30.3 Å². The molecule has 1 aromatic carbocycles. The van der Waals surface area contributed by atoms with Crippen molar-refractivity contribution in [3.05, 3.63) is 68.6 Å². The molecule has 0 aliphatic rings. The molecule has 0 bridgehead atoms. The van der Waals surface area contributed by atoms with E-state index in [-0.39, 0.29) is 12.4 Å². The van der Waals surface area contributed by atoms with Crippen LogP contribution in [0.4, 0.5) is 5.69 Å². The van der Waals surface area contributed by atoms with Gasteiger partial charge in [-0.25, -0.2) is 0 Å². The van der Waals surface area contributed by atoms with E-state index in [0.717, 1.165) is 10.1 Å². The van der Waals surface area contributed by atoms with E-state index in [1.54, 1.807) is 0 Å². The summed E-state index contributed by atoms with van der Waals surface area (Å²) in [7, 11) is 1.45. The fourth-order valence-corrected chi connectivity index (χ4v) is 1.62. The van der Waals surface area contributed by atoms with Crippen LogP contribution in [0.1, 0.15) is 5.56 Å². The van der Waals surface area contributed by atoms with E-state index in [9.17, 15) is 14.9 Å². The molecule has 0 unspecified atom stereocenters. The van der Waals surface area contributed by atoms with E-state index in [2.05, 4.69) is 0 Å². The Kier molecular flexibility index (Phi) is 3.61. The van der Waals surface area contributed by atoms with Crippen LogP contribution in [0.2, 0.25) is 0 Å². The van der Waals surface area contributed by atoms with Crippen molar-refractivity contribution in [3.63, 3.8) is 0 Å². The molecule has 0 fully saturated rings. The maximum absolute atomic E-state index is 11.7. The SMILES string of the molecule is Cn1ccc(OCc2ccccc2)c([N+](=O)[O-])c1=O. The van der Waals surface area contributed by atoms with Gasteiger partial charge in [0, 0.05) is 19.3 Å². The van der Waals surface area contributed by atoms with Gasteiger partial charge in [-0.05, 0) is 5.56 Å². The second-order valence-electron chi connectivity index (χ2n) is 3.98. The summed E-state index contributed by atoms with van der Waals surface area (Å²) in [5, 5.41) is 10.9. The topological polar surface area (TPSA) is 74.4 Å². The predicted molar refractivity (Wildman–Crippen MR) is 69.1 cm³/mol. The number of hydrogen-bond donors (Lipinski definition) is 0. The van der Waals surface area contributed by atoms with Crippen molar-refractivity contribution in [2.45, 2.75) is 6.61 Å². The van der Waals surface area contributed by atoms with Crippen LogP contribution in [0, 0.1) is 10.1 Å². The molecule has 98 valence electrons. The van der Waals surface area contributed by atoms with Gasteiger partial charge < -0.3 is 9.30 Å². The number of hydrogen-bond acceptors (Lipinski definition) is 4. The molecule has 0 aliphatic carbocycles. The smallest absolute Gasteiger partial charge is 0.375 e. The van der Waals surface area contributed by atoms with Crippen molar-refractivity contribution in [1.29, 1.82) is 0 Å². The summed E-state index contributed by atoms with van der Waals surface area (Å²) in [6.45, 7) is 0.175. The third-order valence-corrected chi connectivity index (χ3v) is 2.63. The van der Waals surface area contributed by atoms with E-state index >= 15 is 0 Å². The van der Waals surface area contributed by atoms with Gasteiger partial charge in [-0.15, -0.1) is 0 Å². The van der Waals surface area contributed by atoms with Crippen molar-refractivity contribution in [2.75, 3.05) is 0 Å². The first-order valence-electron chi connectivity index (χ1n) is 5.60. The number of ether oxygens (including phenoxy) is 1. The maximum atomic E-state index is 11.7. The fraction of sp³-hybridized carbons (Fsp3) is 0.154. The zero-order valence-corrected chi connectivity index (χ0v) is 10.3. The third kappa shape index (κ3) is 2.79. The number of aryl methyl sites for hydroxylation is 1. The lowest BCUT2D eigenvalue weighted by molar-refractivity contribution is -0.387. The molecule has 6 heteroatoms. The highest BCUT2D eigenvalue weighted by Crippen LogP contribution is 2.22. The molecule has 1 heterocycles. The first kappa shape index (κ1) is 12.8. The van der Waals surface area contributed by atoms with Gasteiger partial charge in [-0.1, -0.05) is 30.3 Å². The molecule has 1 aromatic heterocycles. The standard InChI is InChI=1S/C13H12N2O4/c1-14-8-7-11(12(13(14)16)15(17)18)19-9-10-5-3-2-4-6-10/h2-8H,9H2,1H3. The van der Waals surface area contributed by atoms with Crippen LogP contribution in [0.5, 0.6) is 5.75 Å².